The lowest BCUT2D eigenvalue weighted by Gasteiger charge is -2.34. The van der Waals surface area contributed by atoms with Gasteiger partial charge in [-0.05, 0) is 48.9 Å². The Morgan fingerprint density at radius 3 is 2.81 bits per heavy atom. The van der Waals surface area contributed by atoms with Crippen LogP contribution < -0.4 is 0 Å². The largest absolute Gasteiger partial charge is 0.357 e. The number of sulfonamides is 1. The second kappa shape index (κ2) is 6.68. The van der Waals surface area contributed by atoms with Crippen molar-refractivity contribution in [2.24, 2.45) is 0 Å². The number of pyridine rings is 1. The number of aromatic amines is 1. The monoisotopic (exact) mass is 389 g/mol. The highest BCUT2D eigenvalue weighted by Gasteiger charge is 2.35. The van der Waals surface area contributed by atoms with Crippen LogP contribution in [0, 0.1) is 6.92 Å². The molecule has 4 rings (SSSR count). The van der Waals surface area contributed by atoms with Crippen molar-refractivity contribution in [3.63, 3.8) is 0 Å². The molecule has 3 aromatic rings. The summed E-state index contributed by atoms with van der Waals surface area (Å²) < 4.78 is 28.2. The summed E-state index contributed by atoms with van der Waals surface area (Å²) in [6.07, 6.45) is 4.01. The molecule has 1 unspecified atom stereocenters. The van der Waals surface area contributed by atoms with E-state index >= 15 is 0 Å². The maximum atomic E-state index is 13.3. The zero-order chi connectivity index (χ0) is 18.3. The first-order valence-electron chi connectivity index (χ1n) is 8.68. The van der Waals surface area contributed by atoms with E-state index in [0.29, 0.717) is 17.3 Å². The average molecular weight is 390 g/mol. The van der Waals surface area contributed by atoms with Crippen LogP contribution in [0.3, 0.4) is 0 Å². The minimum atomic E-state index is -3.64. The molecule has 1 atom stereocenters. The number of nitrogens with zero attached hydrogens (tertiary/aromatic N) is 2. The summed E-state index contributed by atoms with van der Waals surface area (Å²) in [4.78, 5) is 7.62. The number of nitrogens with one attached hydrogen (secondary N) is 1. The molecule has 136 valence electrons. The van der Waals surface area contributed by atoms with E-state index in [9.17, 15) is 8.42 Å². The number of hydrogen-bond acceptors (Lipinski definition) is 3. The second-order valence-electron chi connectivity index (χ2n) is 6.72. The van der Waals surface area contributed by atoms with E-state index in [1.807, 2.05) is 24.3 Å². The summed E-state index contributed by atoms with van der Waals surface area (Å²) >= 11 is 5.96. The van der Waals surface area contributed by atoms with E-state index in [0.717, 1.165) is 35.9 Å². The molecular formula is C19H20ClN3O2S. The number of aromatic nitrogens is 2. The lowest BCUT2D eigenvalue weighted by atomic mass is 10.0. The Balaban J connectivity index is 1.75. The SMILES string of the molecule is Cc1cc(S(=O)(=O)N2CCCCC2c2cc3ccccc3[nH]2)cnc1Cl. The predicted octanol–water partition coefficient (Wildman–Crippen LogP) is 4.44. The molecule has 1 aromatic carbocycles. The van der Waals surface area contributed by atoms with Crippen LogP contribution in [-0.4, -0.2) is 29.2 Å². The Labute approximate surface area is 158 Å². The summed E-state index contributed by atoms with van der Waals surface area (Å²) in [6.45, 7) is 2.27. The third-order valence-corrected chi connectivity index (χ3v) is 7.23. The third-order valence-electron chi connectivity index (χ3n) is 4.96. The number of rotatable bonds is 3. The first-order chi connectivity index (χ1) is 12.5. The van der Waals surface area contributed by atoms with Crippen molar-refractivity contribution in [2.75, 3.05) is 6.54 Å². The standard InChI is InChI=1S/C19H20ClN3O2S/c1-13-10-15(12-21-19(13)20)26(24,25)23-9-5-4-8-18(23)17-11-14-6-2-3-7-16(14)22-17/h2-3,6-7,10-12,18,22H,4-5,8-9H2,1H3. The molecule has 0 saturated carbocycles. The van der Waals surface area contributed by atoms with Gasteiger partial charge in [0.25, 0.3) is 0 Å². The van der Waals surface area contributed by atoms with Gasteiger partial charge in [0, 0.05) is 24.0 Å². The highest BCUT2D eigenvalue weighted by Crippen LogP contribution is 2.36. The number of benzene rings is 1. The van der Waals surface area contributed by atoms with Crippen molar-refractivity contribution in [1.29, 1.82) is 0 Å². The molecular weight excluding hydrogens is 370 g/mol. The van der Waals surface area contributed by atoms with Gasteiger partial charge in [-0.3, -0.25) is 0 Å². The maximum absolute atomic E-state index is 13.3. The minimum absolute atomic E-state index is 0.197. The van der Waals surface area contributed by atoms with Gasteiger partial charge in [-0.2, -0.15) is 4.31 Å². The maximum Gasteiger partial charge on any atom is 0.245 e. The normalized spacial score (nSPS) is 19.1. The van der Waals surface area contributed by atoms with Crippen molar-refractivity contribution >= 4 is 32.5 Å². The molecule has 2 aromatic heterocycles. The van der Waals surface area contributed by atoms with Crippen LogP contribution in [0.5, 0.6) is 0 Å². The second-order valence-corrected chi connectivity index (χ2v) is 8.97. The van der Waals surface area contributed by atoms with Crippen molar-refractivity contribution in [3.05, 3.63) is 59.0 Å². The molecule has 1 N–H and O–H groups in total. The van der Waals surface area contributed by atoms with E-state index in [-0.39, 0.29) is 10.9 Å². The zero-order valence-corrected chi connectivity index (χ0v) is 16.0. The van der Waals surface area contributed by atoms with Crippen LogP contribution in [-0.2, 0) is 10.0 Å². The topological polar surface area (TPSA) is 66.1 Å². The minimum Gasteiger partial charge on any atom is -0.357 e. The van der Waals surface area contributed by atoms with E-state index in [1.54, 1.807) is 17.3 Å². The number of hydrogen-bond donors (Lipinski definition) is 1. The van der Waals surface area contributed by atoms with Gasteiger partial charge in [-0.25, -0.2) is 13.4 Å². The lowest BCUT2D eigenvalue weighted by molar-refractivity contribution is 0.252. The highest BCUT2D eigenvalue weighted by molar-refractivity contribution is 7.89. The van der Waals surface area contributed by atoms with Gasteiger partial charge in [0.1, 0.15) is 10.0 Å². The van der Waals surface area contributed by atoms with Crippen molar-refractivity contribution in [2.45, 2.75) is 37.1 Å². The Morgan fingerprint density at radius 1 is 1.23 bits per heavy atom. The fourth-order valence-electron chi connectivity index (χ4n) is 3.59. The van der Waals surface area contributed by atoms with Crippen molar-refractivity contribution in [3.8, 4) is 0 Å². The van der Waals surface area contributed by atoms with E-state index in [2.05, 4.69) is 16.0 Å². The van der Waals surface area contributed by atoms with Gasteiger partial charge < -0.3 is 4.98 Å². The Bertz CT molecular complexity index is 1030. The van der Waals surface area contributed by atoms with Crippen LogP contribution in [0.15, 0.2) is 47.5 Å². The van der Waals surface area contributed by atoms with Crippen LogP contribution >= 0.6 is 11.6 Å². The molecule has 1 fully saturated rings. The Morgan fingerprint density at radius 2 is 2.04 bits per heavy atom. The quantitative estimate of drug-likeness (QED) is 0.673. The van der Waals surface area contributed by atoms with E-state index < -0.39 is 10.0 Å². The van der Waals surface area contributed by atoms with E-state index in [4.69, 9.17) is 11.6 Å². The fourth-order valence-corrected chi connectivity index (χ4v) is 5.40. The van der Waals surface area contributed by atoms with Crippen LogP contribution in [0.4, 0.5) is 0 Å². The summed E-state index contributed by atoms with van der Waals surface area (Å²) in [5.74, 6) is 0. The molecule has 1 aliphatic heterocycles. The van der Waals surface area contributed by atoms with Gasteiger partial charge in [0.2, 0.25) is 10.0 Å². The first-order valence-corrected chi connectivity index (χ1v) is 10.5. The summed E-state index contributed by atoms with van der Waals surface area (Å²) in [6, 6.07) is 11.5. The first kappa shape index (κ1) is 17.5. The van der Waals surface area contributed by atoms with Gasteiger partial charge in [0.05, 0.1) is 6.04 Å². The number of H-pyrrole nitrogens is 1. The van der Waals surface area contributed by atoms with Crippen LogP contribution in [0.1, 0.15) is 36.6 Å². The summed E-state index contributed by atoms with van der Waals surface area (Å²) in [5, 5.41) is 1.42. The van der Waals surface area contributed by atoms with Gasteiger partial charge in [-0.1, -0.05) is 36.2 Å². The molecule has 0 amide bonds. The average Bonchev–Trinajstić information content (AvgIpc) is 3.08. The fraction of sp³-hybridized carbons (Fsp3) is 0.316. The molecule has 0 radical (unpaired) electrons. The lowest BCUT2D eigenvalue weighted by Crippen LogP contribution is -2.38. The summed E-state index contributed by atoms with van der Waals surface area (Å²) in [5.41, 5.74) is 2.62. The molecule has 5 nitrogen and oxygen atoms in total. The number of para-hydroxylation sites is 1. The molecule has 1 aliphatic rings. The van der Waals surface area contributed by atoms with E-state index in [1.165, 1.54) is 6.20 Å². The Hall–Kier alpha value is -1.89. The molecule has 26 heavy (non-hydrogen) atoms. The third kappa shape index (κ3) is 3.02. The summed E-state index contributed by atoms with van der Waals surface area (Å²) in [7, 11) is -3.64. The molecule has 1 saturated heterocycles. The van der Waals surface area contributed by atoms with Gasteiger partial charge >= 0.3 is 0 Å². The number of piperidine rings is 1. The number of aryl methyl sites for hydroxylation is 1. The molecule has 0 bridgehead atoms. The highest BCUT2D eigenvalue weighted by atomic mass is 35.5. The zero-order valence-electron chi connectivity index (χ0n) is 14.4. The van der Waals surface area contributed by atoms with Gasteiger partial charge in [0.15, 0.2) is 0 Å². The number of halogens is 1. The number of fused-ring (bicyclic) bond motifs is 1. The van der Waals surface area contributed by atoms with Crippen molar-refractivity contribution < 1.29 is 8.42 Å². The van der Waals surface area contributed by atoms with Gasteiger partial charge in [-0.15, -0.1) is 0 Å². The molecule has 3 heterocycles. The predicted molar refractivity (Wildman–Crippen MR) is 103 cm³/mol. The molecule has 7 heteroatoms. The van der Waals surface area contributed by atoms with Crippen molar-refractivity contribution in [1.82, 2.24) is 14.3 Å². The molecule has 0 spiro atoms. The Kier molecular flexibility index (Phi) is 4.50. The van der Waals surface area contributed by atoms with Crippen LogP contribution in [0.25, 0.3) is 10.9 Å². The smallest absolute Gasteiger partial charge is 0.245 e. The molecule has 0 aliphatic carbocycles. The van der Waals surface area contributed by atoms with Crippen LogP contribution in [0.2, 0.25) is 5.15 Å².